The van der Waals surface area contributed by atoms with E-state index in [2.05, 4.69) is 20.6 Å². The minimum atomic E-state index is -0.311. The second-order valence-electron chi connectivity index (χ2n) is 7.22. The molecule has 1 saturated carbocycles. The molecule has 0 radical (unpaired) electrons. The first kappa shape index (κ1) is 20.2. The van der Waals surface area contributed by atoms with Gasteiger partial charge in [-0.05, 0) is 56.7 Å². The van der Waals surface area contributed by atoms with Gasteiger partial charge in [0.1, 0.15) is 0 Å². The van der Waals surface area contributed by atoms with Crippen molar-refractivity contribution < 1.29 is 9.13 Å². The van der Waals surface area contributed by atoms with Crippen LogP contribution in [0.4, 0.5) is 4.39 Å². The van der Waals surface area contributed by atoms with Crippen molar-refractivity contribution in [3.63, 3.8) is 0 Å². The summed E-state index contributed by atoms with van der Waals surface area (Å²) in [6, 6.07) is 5.10. The maximum absolute atomic E-state index is 14.3. The van der Waals surface area contributed by atoms with Crippen LogP contribution in [0.1, 0.15) is 44.7 Å². The zero-order chi connectivity index (χ0) is 19.8. The third kappa shape index (κ3) is 6.25. The van der Waals surface area contributed by atoms with E-state index in [1.807, 2.05) is 37.0 Å². The van der Waals surface area contributed by atoms with Gasteiger partial charge in [0.15, 0.2) is 17.5 Å². The Hall–Kier alpha value is -2.57. The third-order valence-corrected chi connectivity index (χ3v) is 4.73. The molecule has 2 aromatic rings. The van der Waals surface area contributed by atoms with Gasteiger partial charge in [-0.3, -0.25) is 4.99 Å². The first-order valence-electron chi connectivity index (χ1n) is 10.1. The van der Waals surface area contributed by atoms with Crippen molar-refractivity contribution in [2.45, 2.75) is 45.7 Å². The fourth-order valence-corrected chi connectivity index (χ4v) is 2.87. The summed E-state index contributed by atoms with van der Waals surface area (Å²) in [5.41, 5.74) is 0.861. The number of hydrogen-bond acceptors (Lipinski definition) is 3. The Morgan fingerprint density at radius 3 is 2.96 bits per heavy atom. The minimum Gasteiger partial charge on any atom is -0.490 e. The van der Waals surface area contributed by atoms with Crippen molar-refractivity contribution in [3.8, 4) is 5.75 Å². The number of hydrogen-bond donors (Lipinski definition) is 2. The molecule has 0 spiro atoms. The average molecular weight is 388 g/mol. The Balaban J connectivity index is 1.52. The molecule has 1 aliphatic carbocycles. The summed E-state index contributed by atoms with van der Waals surface area (Å²) in [6.45, 7) is 6.98. The molecule has 0 saturated heterocycles. The summed E-state index contributed by atoms with van der Waals surface area (Å²) < 4.78 is 22.0. The van der Waals surface area contributed by atoms with Gasteiger partial charge in [-0.15, -0.1) is 0 Å². The van der Waals surface area contributed by atoms with Crippen LogP contribution < -0.4 is 15.4 Å². The first-order valence-corrected chi connectivity index (χ1v) is 10.1. The van der Waals surface area contributed by atoms with E-state index in [1.165, 1.54) is 12.8 Å². The molecule has 0 aliphatic heterocycles. The summed E-state index contributed by atoms with van der Waals surface area (Å²) in [4.78, 5) is 8.65. The predicted octanol–water partition coefficient (Wildman–Crippen LogP) is 3.52. The van der Waals surface area contributed by atoms with E-state index in [9.17, 15) is 4.39 Å². The van der Waals surface area contributed by atoms with E-state index in [-0.39, 0.29) is 11.9 Å². The van der Waals surface area contributed by atoms with E-state index in [0.29, 0.717) is 24.8 Å². The summed E-state index contributed by atoms with van der Waals surface area (Å²) in [5.74, 6) is 1.36. The van der Waals surface area contributed by atoms with Crippen LogP contribution in [0.15, 0.2) is 41.9 Å². The molecule has 0 bridgehead atoms. The Labute approximate surface area is 166 Å². The highest BCUT2D eigenvalue weighted by Crippen LogP contribution is 2.30. The fourth-order valence-electron chi connectivity index (χ4n) is 2.87. The van der Waals surface area contributed by atoms with Crippen LogP contribution >= 0.6 is 0 Å². The number of nitrogens with zero attached hydrogens (tertiary/aromatic N) is 3. The number of aryl methyl sites for hydroxylation is 1. The summed E-state index contributed by atoms with van der Waals surface area (Å²) in [5, 5.41) is 6.59. The molecule has 1 aromatic heterocycles. The van der Waals surface area contributed by atoms with Gasteiger partial charge in [-0.2, -0.15) is 0 Å². The quantitative estimate of drug-likeness (QED) is 0.372. The van der Waals surface area contributed by atoms with Crippen molar-refractivity contribution in [3.05, 3.63) is 48.3 Å². The molecule has 1 atom stereocenters. The molecule has 2 N–H and O–H groups in total. The van der Waals surface area contributed by atoms with Crippen LogP contribution in [0.5, 0.6) is 5.75 Å². The zero-order valence-corrected chi connectivity index (χ0v) is 16.7. The number of aliphatic imine (C=N–C) groups is 1. The summed E-state index contributed by atoms with van der Waals surface area (Å²) >= 11 is 0. The molecule has 152 valence electrons. The predicted molar refractivity (Wildman–Crippen MR) is 109 cm³/mol. The number of ether oxygens (including phenoxy) is 1. The Morgan fingerprint density at radius 1 is 1.43 bits per heavy atom. The van der Waals surface area contributed by atoms with Gasteiger partial charge < -0.3 is 19.9 Å². The number of imidazole rings is 1. The molecule has 6 nitrogen and oxygen atoms in total. The van der Waals surface area contributed by atoms with Crippen molar-refractivity contribution in [1.29, 1.82) is 0 Å². The van der Waals surface area contributed by atoms with Crippen LogP contribution in [-0.2, 0) is 6.54 Å². The van der Waals surface area contributed by atoms with E-state index in [1.54, 1.807) is 18.3 Å². The molecule has 7 heteroatoms. The molecular weight excluding hydrogens is 357 g/mol. The summed E-state index contributed by atoms with van der Waals surface area (Å²) in [7, 11) is 0. The molecule has 1 aromatic carbocycles. The van der Waals surface area contributed by atoms with E-state index >= 15 is 0 Å². The maximum atomic E-state index is 14.3. The maximum Gasteiger partial charge on any atom is 0.191 e. The van der Waals surface area contributed by atoms with Gasteiger partial charge in [0.25, 0.3) is 0 Å². The summed E-state index contributed by atoms with van der Waals surface area (Å²) in [6.07, 6.45) is 8.83. The smallest absolute Gasteiger partial charge is 0.191 e. The number of guanidine groups is 1. The van der Waals surface area contributed by atoms with Crippen molar-refractivity contribution in [2.24, 2.45) is 10.9 Å². The van der Waals surface area contributed by atoms with Gasteiger partial charge >= 0.3 is 0 Å². The topological polar surface area (TPSA) is 63.5 Å². The number of nitrogens with one attached hydrogen (secondary N) is 2. The second kappa shape index (κ2) is 10.1. The zero-order valence-electron chi connectivity index (χ0n) is 16.7. The van der Waals surface area contributed by atoms with E-state index in [4.69, 9.17) is 4.74 Å². The highest BCUT2D eigenvalue weighted by Gasteiger charge is 2.22. The minimum absolute atomic E-state index is 0.0709. The van der Waals surface area contributed by atoms with Crippen molar-refractivity contribution >= 4 is 5.96 Å². The molecule has 0 amide bonds. The molecule has 1 heterocycles. The normalized spacial score (nSPS) is 15.3. The molecule has 28 heavy (non-hydrogen) atoms. The lowest BCUT2D eigenvalue weighted by atomic mass is 10.1. The van der Waals surface area contributed by atoms with Crippen LogP contribution in [0.25, 0.3) is 0 Å². The van der Waals surface area contributed by atoms with Crippen LogP contribution in [0.3, 0.4) is 0 Å². The van der Waals surface area contributed by atoms with Gasteiger partial charge in [0.2, 0.25) is 0 Å². The second-order valence-corrected chi connectivity index (χ2v) is 7.22. The molecule has 3 rings (SSSR count). The SMILES string of the molecule is CCNC(=NCCCn1ccnc1)NC(C)c1ccc(OCC2CC2)c(F)c1. The van der Waals surface area contributed by atoms with Gasteiger partial charge in [-0.25, -0.2) is 9.37 Å². The highest BCUT2D eigenvalue weighted by atomic mass is 19.1. The molecule has 1 unspecified atom stereocenters. The van der Waals surface area contributed by atoms with Gasteiger partial charge in [-0.1, -0.05) is 6.07 Å². The average Bonchev–Trinajstić information content (AvgIpc) is 3.37. The van der Waals surface area contributed by atoms with Crippen LogP contribution in [0.2, 0.25) is 0 Å². The Bertz CT molecular complexity index is 758. The number of aromatic nitrogens is 2. The van der Waals surface area contributed by atoms with Crippen LogP contribution in [0, 0.1) is 11.7 Å². The first-order chi connectivity index (χ1) is 13.7. The lowest BCUT2D eigenvalue weighted by Gasteiger charge is -2.19. The van der Waals surface area contributed by atoms with E-state index in [0.717, 1.165) is 31.0 Å². The molecule has 1 fully saturated rings. The van der Waals surface area contributed by atoms with E-state index < -0.39 is 0 Å². The fraction of sp³-hybridized carbons (Fsp3) is 0.524. The van der Waals surface area contributed by atoms with Crippen molar-refractivity contribution in [2.75, 3.05) is 19.7 Å². The largest absolute Gasteiger partial charge is 0.490 e. The molecule has 1 aliphatic rings. The number of benzene rings is 1. The number of halogens is 1. The Morgan fingerprint density at radius 2 is 2.29 bits per heavy atom. The third-order valence-electron chi connectivity index (χ3n) is 4.73. The van der Waals surface area contributed by atoms with Gasteiger partial charge in [0, 0.05) is 32.0 Å². The lowest BCUT2D eigenvalue weighted by molar-refractivity contribution is 0.285. The van der Waals surface area contributed by atoms with Gasteiger partial charge in [0.05, 0.1) is 19.0 Å². The molecular formula is C21H30FN5O. The van der Waals surface area contributed by atoms with Crippen molar-refractivity contribution in [1.82, 2.24) is 20.2 Å². The monoisotopic (exact) mass is 387 g/mol. The lowest BCUT2D eigenvalue weighted by Crippen LogP contribution is -2.38. The standard InChI is InChI=1S/C21H30FN5O/c1-3-24-21(25-9-4-11-27-12-10-23-15-27)26-16(2)18-7-8-20(19(22)13-18)28-14-17-5-6-17/h7-8,10,12-13,15-17H,3-6,9,11,14H2,1-2H3,(H2,24,25,26). The van der Waals surface area contributed by atoms with Crippen LogP contribution in [-0.4, -0.2) is 35.2 Å². The number of rotatable bonds is 10. The highest BCUT2D eigenvalue weighted by molar-refractivity contribution is 5.80. The Kier molecular flexibility index (Phi) is 7.28.